The van der Waals surface area contributed by atoms with Gasteiger partial charge in [0.25, 0.3) is 10.2 Å². The number of carboxylic acids is 1. The lowest BCUT2D eigenvalue weighted by molar-refractivity contribution is -0.192. The van der Waals surface area contributed by atoms with Crippen molar-refractivity contribution in [3.63, 3.8) is 0 Å². The van der Waals surface area contributed by atoms with Gasteiger partial charge in [0.1, 0.15) is 0 Å². The van der Waals surface area contributed by atoms with Crippen LogP contribution < -0.4 is 10.5 Å². The molecule has 0 amide bonds. The number of alkyl halides is 3. The van der Waals surface area contributed by atoms with E-state index < -0.39 is 22.4 Å². The number of carboxylic acid groups (broad SMARTS) is 1. The SMILES string of the molecule is NS(=O)(=O)N(C1CC1)C1CC2(CNC2)C1.O=C(O)C(F)(F)F. The molecular formula is C11H18F3N3O4S. The number of nitrogens with zero attached hydrogens (tertiary/aromatic N) is 1. The van der Waals surface area contributed by atoms with Gasteiger partial charge in [-0.1, -0.05) is 0 Å². The van der Waals surface area contributed by atoms with E-state index in [1.807, 2.05) is 0 Å². The maximum atomic E-state index is 11.5. The van der Waals surface area contributed by atoms with E-state index >= 15 is 0 Å². The molecule has 128 valence electrons. The Labute approximate surface area is 125 Å². The molecule has 3 fully saturated rings. The number of aliphatic carboxylic acids is 1. The number of nitrogens with one attached hydrogen (secondary N) is 1. The summed E-state index contributed by atoms with van der Waals surface area (Å²) in [6.07, 6.45) is -1.13. The zero-order valence-electron chi connectivity index (χ0n) is 11.6. The van der Waals surface area contributed by atoms with Crippen LogP contribution in [0.4, 0.5) is 13.2 Å². The van der Waals surface area contributed by atoms with Crippen LogP contribution in [0.3, 0.4) is 0 Å². The number of carbonyl (C=O) groups is 1. The fourth-order valence-corrected chi connectivity index (χ4v) is 4.12. The van der Waals surface area contributed by atoms with Gasteiger partial charge in [-0.15, -0.1) is 0 Å². The monoisotopic (exact) mass is 345 g/mol. The van der Waals surface area contributed by atoms with Gasteiger partial charge in [0.15, 0.2) is 0 Å². The molecule has 22 heavy (non-hydrogen) atoms. The van der Waals surface area contributed by atoms with Crippen molar-refractivity contribution in [2.24, 2.45) is 10.6 Å². The molecule has 7 nitrogen and oxygen atoms in total. The highest BCUT2D eigenvalue weighted by Gasteiger charge is 2.54. The molecule has 2 saturated carbocycles. The molecule has 1 saturated heterocycles. The third-order valence-corrected chi connectivity index (χ3v) is 5.32. The van der Waals surface area contributed by atoms with Crippen molar-refractivity contribution in [2.75, 3.05) is 13.1 Å². The summed E-state index contributed by atoms with van der Waals surface area (Å²) < 4.78 is 56.2. The molecule has 1 aliphatic heterocycles. The Morgan fingerprint density at radius 3 is 1.91 bits per heavy atom. The summed E-state index contributed by atoms with van der Waals surface area (Å²) in [4.78, 5) is 8.90. The van der Waals surface area contributed by atoms with Gasteiger partial charge >= 0.3 is 12.1 Å². The van der Waals surface area contributed by atoms with E-state index in [4.69, 9.17) is 15.0 Å². The summed E-state index contributed by atoms with van der Waals surface area (Å²) in [5.74, 6) is -2.76. The Morgan fingerprint density at radius 1 is 1.23 bits per heavy atom. The van der Waals surface area contributed by atoms with Crippen molar-refractivity contribution in [3.8, 4) is 0 Å². The third kappa shape index (κ3) is 3.89. The van der Waals surface area contributed by atoms with Crippen LogP contribution >= 0.6 is 0 Å². The Hall–Kier alpha value is -0.910. The van der Waals surface area contributed by atoms with Crippen molar-refractivity contribution in [1.29, 1.82) is 0 Å². The van der Waals surface area contributed by atoms with Gasteiger partial charge in [0.05, 0.1) is 0 Å². The molecule has 4 N–H and O–H groups in total. The second-order valence-corrected chi connectivity index (χ2v) is 7.53. The zero-order valence-corrected chi connectivity index (χ0v) is 12.5. The number of rotatable bonds is 3. The maximum absolute atomic E-state index is 11.5. The van der Waals surface area contributed by atoms with Crippen molar-refractivity contribution in [2.45, 2.75) is 43.9 Å². The molecule has 0 bridgehead atoms. The average Bonchev–Trinajstić information content (AvgIpc) is 3.00. The van der Waals surface area contributed by atoms with E-state index in [1.54, 1.807) is 4.31 Å². The van der Waals surface area contributed by atoms with E-state index in [1.165, 1.54) is 0 Å². The lowest BCUT2D eigenvalue weighted by Gasteiger charge is -2.56. The van der Waals surface area contributed by atoms with Crippen LogP contribution in [-0.4, -0.2) is 55.1 Å². The molecule has 1 heterocycles. The van der Waals surface area contributed by atoms with Gasteiger partial charge in [0, 0.05) is 25.2 Å². The van der Waals surface area contributed by atoms with Crippen LogP contribution in [0.1, 0.15) is 25.7 Å². The Bertz CT molecular complexity index is 535. The molecule has 3 aliphatic rings. The number of hydrogen-bond acceptors (Lipinski definition) is 4. The number of halogens is 3. The highest BCUT2D eigenvalue weighted by molar-refractivity contribution is 7.86. The van der Waals surface area contributed by atoms with Gasteiger partial charge < -0.3 is 10.4 Å². The minimum absolute atomic E-state index is 0.176. The maximum Gasteiger partial charge on any atom is 0.490 e. The van der Waals surface area contributed by atoms with Crippen LogP contribution in [0.2, 0.25) is 0 Å². The lowest BCUT2D eigenvalue weighted by Crippen LogP contribution is -2.66. The minimum Gasteiger partial charge on any atom is -0.475 e. The van der Waals surface area contributed by atoms with Crippen LogP contribution in [0.25, 0.3) is 0 Å². The number of hydrogen-bond donors (Lipinski definition) is 3. The minimum atomic E-state index is -5.08. The summed E-state index contributed by atoms with van der Waals surface area (Å²) in [6.45, 7) is 2.10. The molecule has 0 aromatic heterocycles. The Kier molecular flexibility index (Phi) is 4.46. The first kappa shape index (κ1) is 17.4. The average molecular weight is 345 g/mol. The standard InChI is InChI=1S/C9H17N3O2S.C2HF3O2/c10-15(13,14)12(7-1-2-7)8-3-9(4-8)5-11-6-9;3-2(4,5)1(6)7/h7-8,11H,1-6H2,(H2,10,13,14);(H,6,7). The molecule has 2 aliphatic carbocycles. The molecule has 0 radical (unpaired) electrons. The predicted molar refractivity (Wildman–Crippen MR) is 70.0 cm³/mol. The summed E-state index contributed by atoms with van der Waals surface area (Å²) in [7, 11) is -3.48. The van der Waals surface area contributed by atoms with Crippen molar-refractivity contribution < 1.29 is 31.5 Å². The fraction of sp³-hybridized carbons (Fsp3) is 0.909. The topological polar surface area (TPSA) is 113 Å². The molecule has 0 aromatic carbocycles. The first-order chi connectivity index (χ1) is 9.95. The summed E-state index contributed by atoms with van der Waals surface area (Å²) >= 11 is 0. The first-order valence-electron chi connectivity index (χ1n) is 6.77. The second-order valence-electron chi connectivity index (χ2n) is 6.07. The molecule has 0 aromatic rings. The smallest absolute Gasteiger partial charge is 0.475 e. The van der Waals surface area contributed by atoms with E-state index in [-0.39, 0.29) is 12.1 Å². The number of nitrogens with two attached hydrogens (primary N) is 1. The Balaban J connectivity index is 0.000000217. The molecular weight excluding hydrogens is 327 g/mol. The third-order valence-electron chi connectivity index (χ3n) is 4.14. The lowest BCUT2D eigenvalue weighted by atomic mass is 9.61. The van der Waals surface area contributed by atoms with Gasteiger partial charge in [0.2, 0.25) is 0 Å². The van der Waals surface area contributed by atoms with Crippen LogP contribution in [0.5, 0.6) is 0 Å². The van der Waals surface area contributed by atoms with E-state index in [9.17, 15) is 21.6 Å². The van der Waals surface area contributed by atoms with Gasteiger partial charge in [-0.3, -0.25) is 0 Å². The van der Waals surface area contributed by atoms with Crippen LogP contribution in [0, 0.1) is 5.41 Å². The second kappa shape index (κ2) is 5.62. The highest BCUT2D eigenvalue weighted by Crippen LogP contribution is 2.49. The molecule has 1 spiro atoms. The van der Waals surface area contributed by atoms with Crippen molar-refractivity contribution >= 4 is 16.2 Å². The molecule has 11 heteroatoms. The van der Waals surface area contributed by atoms with Gasteiger partial charge in [-0.25, -0.2) is 9.93 Å². The first-order valence-corrected chi connectivity index (χ1v) is 8.27. The van der Waals surface area contributed by atoms with Gasteiger partial charge in [-0.2, -0.15) is 25.9 Å². The van der Waals surface area contributed by atoms with Gasteiger partial charge in [-0.05, 0) is 31.1 Å². The van der Waals surface area contributed by atoms with Crippen molar-refractivity contribution in [1.82, 2.24) is 9.62 Å². The summed E-state index contributed by atoms with van der Waals surface area (Å²) in [5.41, 5.74) is 0.405. The normalized spacial score (nSPS) is 24.2. The van der Waals surface area contributed by atoms with Crippen LogP contribution in [-0.2, 0) is 15.0 Å². The fourth-order valence-electron chi connectivity index (χ4n) is 2.93. The highest BCUT2D eigenvalue weighted by atomic mass is 32.2. The van der Waals surface area contributed by atoms with Crippen LogP contribution in [0.15, 0.2) is 0 Å². The summed E-state index contributed by atoms with van der Waals surface area (Å²) in [5, 5.41) is 15.6. The molecule has 3 rings (SSSR count). The van der Waals surface area contributed by atoms with E-state index in [0.29, 0.717) is 5.41 Å². The molecule has 0 atom stereocenters. The zero-order chi connectivity index (χ0) is 16.8. The predicted octanol–water partition coefficient (Wildman–Crippen LogP) is 0.0396. The van der Waals surface area contributed by atoms with E-state index in [2.05, 4.69) is 5.32 Å². The molecule has 0 unspecified atom stereocenters. The van der Waals surface area contributed by atoms with E-state index in [0.717, 1.165) is 38.8 Å². The largest absolute Gasteiger partial charge is 0.490 e. The quantitative estimate of drug-likeness (QED) is 0.668. The van der Waals surface area contributed by atoms with Crippen molar-refractivity contribution in [3.05, 3.63) is 0 Å². The summed E-state index contributed by atoms with van der Waals surface area (Å²) in [6, 6.07) is 0.380. The Morgan fingerprint density at radius 2 is 1.68 bits per heavy atom.